The van der Waals surface area contributed by atoms with E-state index >= 15 is 0 Å². The number of nitrogens with one attached hydrogen (secondary N) is 1. The Labute approximate surface area is 122 Å². The molecule has 1 aliphatic rings. The zero-order valence-corrected chi connectivity index (χ0v) is 12.6. The number of piperidine rings is 1. The molecule has 3 nitrogen and oxygen atoms in total. The summed E-state index contributed by atoms with van der Waals surface area (Å²) >= 11 is 0. The van der Waals surface area contributed by atoms with Crippen LogP contribution in [0.15, 0.2) is 30.3 Å². The molecule has 1 aromatic carbocycles. The molecule has 1 aliphatic heterocycles. The van der Waals surface area contributed by atoms with Crippen LogP contribution in [0.2, 0.25) is 0 Å². The fourth-order valence-corrected chi connectivity index (χ4v) is 2.95. The number of carbonyl (C=O) groups is 1. The first-order chi connectivity index (χ1) is 9.70. The second-order valence-electron chi connectivity index (χ2n) is 5.73. The molecule has 1 heterocycles. The topological polar surface area (TPSA) is 32.3 Å². The zero-order valence-electron chi connectivity index (χ0n) is 12.6. The molecule has 20 heavy (non-hydrogen) atoms. The van der Waals surface area contributed by atoms with Gasteiger partial charge in [0.1, 0.15) is 0 Å². The normalized spacial score (nSPS) is 22.5. The van der Waals surface area contributed by atoms with Crippen molar-refractivity contribution < 1.29 is 4.79 Å². The molecule has 0 saturated carbocycles. The average Bonchev–Trinajstić information content (AvgIpc) is 2.48. The van der Waals surface area contributed by atoms with E-state index in [1.807, 2.05) is 11.0 Å². The Morgan fingerprint density at radius 2 is 2.10 bits per heavy atom. The van der Waals surface area contributed by atoms with Crippen molar-refractivity contribution in [2.75, 3.05) is 19.6 Å². The van der Waals surface area contributed by atoms with Gasteiger partial charge in [-0.2, -0.15) is 0 Å². The van der Waals surface area contributed by atoms with Crippen molar-refractivity contribution in [1.29, 1.82) is 0 Å². The Morgan fingerprint density at radius 3 is 2.75 bits per heavy atom. The minimum absolute atomic E-state index is 0.210. The minimum atomic E-state index is 0.210. The van der Waals surface area contributed by atoms with Crippen LogP contribution in [0.5, 0.6) is 0 Å². The summed E-state index contributed by atoms with van der Waals surface area (Å²) in [4.78, 5) is 14.6. The van der Waals surface area contributed by atoms with Gasteiger partial charge in [0, 0.05) is 25.0 Å². The first kappa shape index (κ1) is 15.0. The molecule has 0 aromatic heterocycles. The molecular weight excluding hydrogens is 248 g/mol. The van der Waals surface area contributed by atoms with Crippen molar-refractivity contribution in [3.63, 3.8) is 0 Å². The Bertz CT molecular complexity index is 418. The number of hydrogen-bond acceptors (Lipinski definition) is 2. The third-order valence-corrected chi connectivity index (χ3v) is 4.18. The summed E-state index contributed by atoms with van der Waals surface area (Å²) in [5, 5.41) is 3.41. The van der Waals surface area contributed by atoms with Crippen LogP contribution in [-0.4, -0.2) is 36.5 Å². The lowest BCUT2D eigenvalue weighted by Crippen LogP contribution is -2.44. The molecule has 2 rings (SSSR count). The van der Waals surface area contributed by atoms with Gasteiger partial charge in [-0.15, -0.1) is 0 Å². The van der Waals surface area contributed by atoms with Gasteiger partial charge in [-0.1, -0.05) is 30.3 Å². The van der Waals surface area contributed by atoms with Gasteiger partial charge >= 0.3 is 0 Å². The summed E-state index contributed by atoms with van der Waals surface area (Å²) in [7, 11) is 0. The smallest absolute Gasteiger partial charge is 0.225 e. The van der Waals surface area contributed by atoms with Crippen LogP contribution in [0.1, 0.15) is 32.3 Å². The van der Waals surface area contributed by atoms with Crippen molar-refractivity contribution in [3.05, 3.63) is 35.9 Å². The van der Waals surface area contributed by atoms with Crippen molar-refractivity contribution in [2.45, 2.75) is 39.2 Å². The molecule has 2 unspecified atom stereocenters. The van der Waals surface area contributed by atoms with Crippen molar-refractivity contribution >= 4 is 5.91 Å². The largest absolute Gasteiger partial charge is 0.342 e. The molecule has 2 atom stereocenters. The van der Waals surface area contributed by atoms with Gasteiger partial charge in [-0.05, 0) is 45.2 Å². The van der Waals surface area contributed by atoms with Gasteiger partial charge in [0.05, 0.1) is 0 Å². The van der Waals surface area contributed by atoms with Crippen LogP contribution in [-0.2, 0) is 11.2 Å². The number of likely N-dealkylation sites (N-methyl/N-ethyl adjacent to an activating group) is 1. The van der Waals surface area contributed by atoms with E-state index in [9.17, 15) is 4.79 Å². The molecule has 0 bridgehead atoms. The molecule has 1 amide bonds. The Hall–Kier alpha value is -1.35. The quantitative estimate of drug-likeness (QED) is 0.894. The fraction of sp³-hybridized carbons (Fsp3) is 0.588. The van der Waals surface area contributed by atoms with E-state index < -0.39 is 0 Å². The molecular formula is C17H26N2O. The van der Waals surface area contributed by atoms with Crippen molar-refractivity contribution in [1.82, 2.24) is 10.2 Å². The minimum Gasteiger partial charge on any atom is -0.342 e. The van der Waals surface area contributed by atoms with Gasteiger partial charge < -0.3 is 10.2 Å². The summed E-state index contributed by atoms with van der Waals surface area (Å²) in [5.74, 6) is 0.554. The molecule has 0 spiro atoms. The highest BCUT2D eigenvalue weighted by Crippen LogP contribution is 2.19. The zero-order chi connectivity index (χ0) is 14.4. The van der Waals surface area contributed by atoms with E-state index in [4.69, 9.17) is 0 Å². The van der Waals surface area contributed by atoms with E-state index in [1.54, 1.807) is 0 Å². The van der Waals surface area contributed by atoms with Crippen LogP contribution < -0.4 is 5.32 Å². The number of hydrogen-bond donors (Lipinski definition) is 1. The van der Waals surface area contributed by atoms with E-state index in [0.29, 0.717) is 11.9 Å². The molecule has 3 heteroatoms. The molecule has 1 N–H and O–H groups in total. The number of benzene rings is 1. The summed E-state index contributed by atoms with van der Waals surface area (Å²) < 4.78 is 0. The maximum atomic E-state index is 12.6. The molecule has 0 radical (unpaired) electrons. The maximum absolute atomic E-state index is 12.6. The predicted molar refractivity (Wildman–Crippen MR) is 82.6 cm³/mol. The van der Waals surface area contributed by atoms with Gasteiger partial charge in [0.2, 0.25) is 5.91 Å². The first-order valence-corrected chi connectivity index (χ1v) is 7.76. The second-order valence-corrected chi connectivity index (χ2v) is 5.73. The Kier molecular flexibility index (Phi) is 5.60. The van der Waals surface area contributed by atoms with Crippen molar-refractivity contribution in [2.24, 2.45) is 5.92 Å². The summed E-state index contributed by atoms with van der Waals surface area (Å²) in [6, 6.07) is 10.9. The number of carbonyl (C=O) groups excluding carboxylic acids is 1. The SMILES string of the molecule is CCN(CCc1ccccc1)C(=O)C1CCNC(C)C1. The van der Waals surface area contributed by atoms with E-state index in [-0.39, 0.29) is 5.92 Å². The predicted octanol–water partition coefficient (Wildman–Crippen LogP) is 2.47. The highest BCUT2D eigenvalue weighted by atomic mass is 16.2. The van der Waals surface area contributed by atoms with Crippen LogP contribution in [0.25, 0.3) is 0 Å². The molecule has 110 valence electrons. The average molecular weight is 274 g/mol. The summed E-state index contributed by atoms with van der Waals surface area (Å²) in [6.45, 7) is 6.85. The molecule has 0 aliphatic carbocycles. The lowest BCUT2D eigenvalue weighted by atomic mass is 9.92. The third-order valence-electron chi connectivity index (χ3n) is 4.18. The maximum Gasteiger partial charge on any atom is 0.225 e. The lowest BCUT2D eigenvalue weighted by Gasteiger charge is -2.31. The van der Waals surface area contributed by atoms with E-state index in [2.05, 4.69) is 43.4 Å². The van der Waals surface area contributed by atoms with E-state index in [0.717, 1.165) is 38.9 Å². The molecule has 1 saturated heterocycles. The lowest BCUT2D eigenvalue weighted by molar-refractivity contribution is -0.136. The van der Waals surface area contributed by atoms with Crippen LogP contribution in [0.3, 0.4) is 0 Å². The van der Waals surface area contributed by atoms with Crippen LogP contribution in [0, 0.1) is 5.92 Å². The molecule has 1 fully saturated rings. The summed E-state index contributed by atoms with van der Waals surface area (Å²) in [6.07, 6.45) is 2.90. The first-order valence-electron chi connectivity index (χ1n) is 7.76. The van der Waals surface area contributed by atoms with E-state index in [1.165, 1.54) is 5.56 Å². The highest BCUT2D eigenvalue weighted by molar-refractivity contribution is 5.79. The van der Waals surface area contributed by atoms with Crippen LogP contribution in [0.4, 0.5) is 0 Å². The van der Waals surface area contributed by atoms with Gasteiger partial charge in [0.15, 0.2) is 0 Å². The number of nitrogens with zero attached hydrogens (tertiary/aromatic N) is 1. The highest BCUT2D eigenvalue weighted by Gasteiger charge is 2.27. The van der Waals surface area contributed by atoms with Gasteiger partial charge in [0.25, 0.3) is 0 Å². The number of amides is 1. The Balaban J connectivity index is 1.88. The van der Waals surface area contributed by atoms with Crippen LogP contribution >= 0.6 is 0 Å². The van der Waals surface area contributed by atoms with Gasteiger partial charge in [-0.3, -0.25) is 4.79 Å². The van der Waals surface area contributed by atoms with Gasteiger partial charge in [-0.25, -0.2) is 0 Å². The summed E-state index contributed by atoms with van der Waals surface area (Å²) in [5.41, 5.74) is 1.30. The molecule has 1 aromatic rings. The number of rotatable bonds is 5. The standard InChI is InChI=1S/C17H26N2O/c1-3-19(12-10-15-7-5-4-6-8-15)17(20)16-9-11-18-14(2)13-16/h4-8,14,16,18H,3,9-13H2,1-2H3. The fourth-order valence-electron chi connectivity index (χ4n) is 2.95. The third kappa shape index (κ3) is 4.07. The Morgan fingerprint density at radius 1 is 1.35 bits per heavy atom. The van der Waals surface area contributed by atoms with Crippen molar-refractivity contribution in [3.8, 4) is 0 Å². The monoisotopic (exact) mass is 274 g/mol. The second kappa shape index (κ2) is 7.44.